The summed E-state index contributed by atoms with van der Waals surface area (Å²) in [6, 6.07) is 20.4. The first kappa shape index (κ1) is 17.6. The van der Waals surface area contributed by atoms with E-state index < -0.39 is 17.5 Å². The van der Waals surface area contributed by atoms with Crippen LogP contribution >= 0.6 is 0 Å². The summed E-state index contributed by atoms with van der Waals surface area (Å²) in [6.07, 6.45) is 0. The average Bonchev–Trinajstić information content (AvgIpc) is 2.71. The number of amides is 1. The van der Waals surface area contributed by atoms with Crippen molar-refractivity contribution in [1.82, 2.24) is 0 Å². The van der Waals surface area contributed by atoms with Crippen LogP contribution in [0.2, 0.25) is 0 Å². The van der Waals surface area contributed by atoms with Gasteiger partial charge in [0.1, 0.15) is 28.5 Å². The Morgan fingerprint density at radius 3 is 2.46 bits per heavy atom. The molecule has 1 aromatic heterocycles. The first-order valence-electron chi connectivity index (χ1n) is 8.49. The molecule has 4 aromatic rings. The molecule has 0 spiro atoms. The highest BCUT2D eigenvalue weighted by Crippen LogP contribution is 2.20. The van der Waals surface area contributed by atoms with Crippen molar-refractivity contribution < 1.29 is 18.0 Å². The lowest BCUT2D eigenvalue weighted by atomic mass is 10.1. The van der Waals surface area contributed by atoms with Gasteiger partial charge in [0.2, 0.25) is 5.55 Å². The molecule has 4 rings (SSSR count). The summed E-state index contributed by atoms with van der Waals surface area (Å²) in [5.41, 5.74) is 0.786. The third-order valence-electron chi connectivity index (χ3n) is 4.06. The second kappa shape index (κ2) is 7.44. The molecule has 3 aromatic carbocycles. The summed E-state index contributed by atoms with van der Waals surface area (Å²) in [4.78, 5) is 16.9. The number of nitrogens with zero attached hydrogens (tertiary/aromatic N) is 1. The lowest BCUT2D eigenvalue weighted by Crippen LogP contribution is -2.21. The number of anilines is 1. The highest BCUT2D eigenvalue weighted by Gasteiger charge is 2.14. The van der Waals surface area contributed by atoms with E-state index in [2.05, 4.69) is 10.3 Å². The van der Waals surface area contributed by atoms with Gasteiger partial charge in [-0.1, -0.05) is 36.4 Å². The van der Waals surface area contributed by atoms with Gasteiger partial charge < -0.3 is 9.73 Å². The van der Waals surface area contributed by atoms with Crippen LogP contribution in [0.25, 0.3) is 11.0 Å². The number of benzene rings is 3. The van der Waals surface area contributed by atoms with Crippen LogP contribution in [0.1, 0.15) is 10.4 Å². The second-order valence-electron chi connectivity index (χ2n) is 6.03. The van der Waals surface area contributed by atoms with E-state index >= 15 is 0 Å². The Balaban J connectivity index is 1.88. The molecule has 1 amide bonds. The molecular formula is C22H14F2N2O2. The molecule has 0 saturated carbocycles. The van der Waals surface area contributed by atoms with Crippen molar-refractivity contribution in [2.45, 2.75) is 0 Å². The molecule has 6 heteroatoms. The fourth-order valence-corrected chi connectivity index (χ4v) is 2.72. The Morgan fingerprint density at radius 2 is 1.64 bits per heavy atom. The molecule has 0 aliphatic carbocycles. The quantitative estimate of drug-likeness (QED) is 0.535. The van der Waals surface area contributed by atoms with E-state index in [4.69, 9.17) is 4.42 Å². The van der Waals surface area contributed by atoms with E-state index in [1.54, 1.807) is 54.6 Å². The van der Waals surface area contributed by atoms with Gasteiger partial charge in [0.05, 0.1) is 0 Å². The summed E-state index contributed by atoms with van der Waals surface area (Å²) in [5.74, 6) is -1.84. The van der Waals surface area contributed by atoms with E-state index in [0.717, 1.165) is 18.2 Å². The monoisotopic (exact) mass is 376 g/mol. The van der Waals surface area contributed by atoms with Gasteiger partial charge in [0, 0.05) is 17.1 Å². The Bertz CT molecular complexity index is 1230. The van der Waals surface area contributed by atoms with Gasteiger partial charge >= 0.3 is 0 Å². The van der Waals surface area contributed by atoms with Crippen molar-refractivity contribution in [3.63, 3.8) is 0 Å². The third-order valence-corrected chi connectivity index (χ3v) is 4.06. The lowest BCUT2D eigenvalue weighted by Gasteiger charge is -2.07. The molecule has 1 N–H and O–H groups in total. The number of carbonyl (C=O) groups excluding carboxylic acids is 1. The number of halogens is 2. The normalized spacial score (nSPS) is 11.6. The summed E-state index contributed by atoms with van der Waals surface area (Å²) >= 11 is 0. The number of hydrogen-bond donors (Lipinski definition) is 1. The largest absolute Gasteiger partial charge is 0.438 e. The Kier molecular flexibility index (Phi) is 4.68. The summed E-state index contributed by atoms with van der Waals surface area (Å²) < 4.78 is 33.3. The summed E-state index contributed by atoms with van der Waals surface area (Å²) in [7, 11) is 0. The van der Waals surface area contributed by atoms with Gasteiger partial charge in [0.25, 0.3) is 5.91 Å². The predicted molar refractivity (Wildman–Crippen MR) is 102 cm³/mol. The highest BCUT2D eigenvalue weighted by molar-refractivity contribution is 6.05. The van der Waals surface area contributed by atoms with Crippen LogP contribution in [-0.2, 0) is 0 Å². The van der Waals surface area contributed by atoms with Gasteiger partial charge in [-0.05, 0) is 36.4 Å². The van der Waals surface area contributed by atoms with Crippen LogP contribution in [-0.4, -0.2) is 5.91 Å². The van der Waals surface area contributed by atoms with Crippen LogP contribution in [0.5, 0.6) is 0 Å². The Labute approximate surface area is 158 Å². The van der Waals surface area contributed by atoms with Crippen molar-refractivity contribution in [1.29, 1.82) is 0 Å². The molecule has 0 unspecified atom stereocenters. The van der Waals surface area contributed by atoms with E-state index in [1.807, 2.05) is 6.07 Å². The van der Waals surface area contributed by atoms with Crippen LogP contribution in [0, 0.1) is 11.6 Å². The highest BCUT2D eigenvalue weighted by atomic mass is 19.1. The number of rotatable bonds is 3. The Morgan fingerprint density at radius 1 is 0.893 bits per heavy atom. The topological polar surface area (TPSA) is 54.6 Å². The molecule has 28 heavy (non-hydrogen) atoms. The first-order valence-corrected chi connectivity index (χ1v) is 8.49. The molecule has 0 atom stereocenters. The smallest absolute Gasteiger partial charge is 0.261 e. The van der Waals surface area contributed by atoms with Crippen LogP contribution in [0.15, 0.2) is 88.3 Å². The molecule has 1 heterocycles. The fraction of sp³-hybridized carbons (Fsp3) is 0. The lowest BCUT2D eigenvalue weighted by molar-refractivity contribution is 0.102. The van der Waals surface area contributed by atoms with Crippen LogP contribution in [0.4, 0.5) is 20.2 Å². The van der Waals surface area contributed by atoms with E-state index in [9.17, 15) is 13.6 Å². The molecule has 0 fully saturated rings. The number of para-hydroxylation sites is 2. The molecular weight excluding hydrogens is 362 g/mol. The van der Waals surface area contributed by atoms with E-state index in [-0.39, 0.29) is 16.8 Å². The number of hydrogen-bond acceptors (Lipinski definition) is 3. The predicted octanol–water partition coefficient (Wildman–Crippen LogP) is 5.20. The van der Waals surface area contributed by atoms with Gasteiger partial charge in [-0.2, -0.15) is 0 Å². The molecule has 0 aliphatic heterocycles. The van der Waals surface area contributed by atoms with Gasteiger partial charge in [-0.15, -0.1) is 0 Å². The molecule has 0 aliphatic rings. The van der Waals surface area contributed by atoms with Crippen molar-refractivity contribution in [2.75, 3.05) is 5.32 Å². The second-order valence-corrected chi connectivity index (χ2v) is 6.03. The molecule has 4 nitrogen and oxygen atoms in total. The van der Waals surface area contributed by atoms with Crippen LogP contribution < -0.4 is 10.9 Å². The van der Waals surface area contributed by atoms with E-state index in [1.165, 1.54) is 0 Å². The van der Waals surface area contributed by atoms with Gasteiger partial charge in [0.15, 0.2) is 0 Å². The van der Waals surface area contributed by atoms with Crippen molar-refractivity contribution in [2.24, 2.45) is 4.99 Å². The Hall–Kier alpha value is -3.80. The van der Waals surface area contributed by atoms with Crippen molar-refractivity contribution >= 4 is 28.3 Å². The van der Waals surface area contributed by atoms with Crippen molar-refractivity contribution in [3.05, 3.63) is 102 Å². The van der Waals surface area contributed by atoms with Crippen LogP contribution in [0.3, 0.4) is 0 Å². The van der Waals surface area contributed by atoms with Crippen molar-refractivity contribution in [3.8, 4) is 0 Å². The maximum atomic E-state index is 14.0. The fourth-order valence-electron chi connectivity index (χ4n) is 2.72. The summed E-state index contributed by atoms with van der Waals surface area (Å²) in [5, 5.41) is 3.43. The molecule has 0 bridgehead atoms. The number of carbonyl (C=O) groups is 1. The zero-order valence-corrected chi connectivity index (χ0v) is 14.5. The zero-order chi connectivity index (χ0) is 19.5. The number of nitrogens with one attached hydrogen (secondary N) is 1. The maximum Gasteiger partial charge on any atom is 0.261 e. The maximum absolute atomic E-state index is 14.0. The SMILES string of the molecule is O=C(Nc1ccccc1)c1cc2ccccc2oc1=Nc1cc(F)ccc1F. The molecule has 0 radical (unpaired) electrons. The van der Waals surface area contributed by atoms with Gasteiger partial charge in [-0.3, -0.25) is 4.79 Å². The third kappa shape index (κ3) is 3.66. The zero-order valence-electron chi connectivity index (χ0n) is 14.5. The minimum absolute atomic E-state index is 0.103. The number of fused-ring (bicyclic) bond motifs is 1. The first-order chi connectivity index (χ1) is 13.6. The molecule has 0 saturated heterocycles. The average molecular weight is 376 g/mol. The minimum atomic E-state index is -0.723. The van der Waals surface area contributed by atoms with Gasteiger partial charge in [-0.25, -0.2) is 13.8 Å². The standard InChI is InChI=1S/C22H14F2N2O2/c23-15-10-11-18(24)19(13-15)26-22-17(12-14-6-4-5-9-20(14)28-22)21(27)25-16-7-2-1-3-8-16/h1-13H,(H,25,27). The minimum Gasteiger partial charge on any atom is -0.438 e. The summed E-state index contributed by atoms with van der Waals surface area (Å²) in [6.45, 7) is 0. The van der Waals surface area contributed by atoms with E-state index in [0.29, 0.717) is 16.7 Å². The molecule has 138 valence electrons.